The molecule has 3 rings (SSSR count). The molecule has 3 heterocycles. The molecule has 7 nitrogen and oxygen atoms in total. The predicted molar refractivity (Wildman–Crippen MR) is 93.3 cm³/mol. The topological polar surface area (TPSA) is 79.4 Å². The van der Waals surface area contributed by atoms with Crippen LogP contribution in [0.2, 0.25) is 0 Å². The molecule has 1 atom stereocenters. The van der Waals surface area contributed by atoms with E-state index in [1.54, 1.807) is 0 Å². The van der Waals surface area contributed by atoms with Gasteiger partial charge >= 0.3 is 0 Å². The molecule has 24 heavy (non-hydrogen) atoms. The number of ether oxygens (including phenoxy) is 1. The fourth-order valence-electron chi connectivity index (χ4n) is 3.17. The van der Waals surface area contributed by atoms with Crippen molar-refractivity contribution in [2.45, 2.75) is 45.1 Å². The third-order valence-corrected chi connectivity index (χ3v) is 4.45. The minimum atomic E-state index is -0.272. The first-order chi connectivity index (χ1) is 11.7. The van der Waals surface area contributed by atoms with E-state index in [-0.39, 0.29) is 12.0 Å². The van der Waals surface area contributed by atoms with Gasteiger partial charge in [-0.15, -0.1) is 0 Å². The summed E-state index contributed by atoms with van der Waals surface area (Å²) in [4.78, 5) is 23.2. The molecule has 1 aromatic rings. The van der Waals surface area contributed by atoms with Gasteiger partial charge in [-0.2, -0.15) is 4.98 Å². The predicted octanol–water partition coefficient (Wildman–Crippen LogP) is 1.48. The van der Waals surface area contributed by atoms with Crippen molar-refractivity contribution >= 4 is 17.7 Å². The Kier molecular flexibility index (Phi) is 5.85. The molecule has 2 N–H and O–H groups in total. The Labute approximate surface area is 143 Å². The molecule has 2 fully saturated rings. The fraction of sp³-hybridized carbons (Fsp3) is 0.706. The summed E-state index contributed by atoms with van der Waals surface area (Å²) in [6, 6.07) is 2.04. The van der Waals surface area contributed by atoms with Crippen LogP contribution in [0.5, 0.6) is 0 Å². The van der Waals surface area contributed by atoms with Gasteiger partial charge in [-0.1, -0.05) is 0 Å². The van der Waals surface area contributed by atoms with E-state index in [1.165, 1.54) is 19.3 Å². The summed E-state index contributed by atoms with van der Waals surface area (Å²) in [5.41, 5.74) is 0.955. The summed E-state index contributed by atoms with van der Waals surface area (Å²) in [6.45, 7) is 5.93. The summed E-state index contributed by atoms with van der Waals surface area (Å²) in [6.07, 6.45) is 5.26. The highest BCUT2D eigenvalue weighted by Crippen LogP contribution is 2.19. The Bertz CT molecular complexity index is 554. The van der Waals surface area contributed by atoms with E-state index in [9.17, 15) is 4.79 Å². The largest absolute Gasteiger partial charge is 0.368 e. The summed E-state index contributed by atoms with van der Waals surface area (Å²) >= 11 is 0. The second-order valence-electron chi connectivity index (χ2n) is 6.46. The molecule has 0 radical (unpaired) electrons. The van der Waals surface area contributed by atoms with Crippen LogP contribution in [0, 0.1) is 6.92 Å². The van der Waals surface area contributed by atoms with Crippen LogP contribution in [0.25, 0.3) is 0 Å². The second-order valence-corrected chi connectivity index (χ2v) is 6.46. The Morgan fingerprint density at radius 3 is 2.83 bits per heavy atom. The third-order valence-electron chi connectivity index (χ3n) is 4.45. The zero-order chi connectivity index (χ0) is 16.8. The lowest BCUT2D eigenvalue weighted by Gasteiger charge is -2.28. The van der Waals surface area contributed by atoms with Crippen molar-refractivity contribution in [1.82, 2.24) is 15.3 Å². The highest BCUT2D eigenvalue weighted by atomic mass is 16.5. The normalized spacial score (nSPS) is 20.9. The van der Waals surface area contributed by atoms with Crippen LogP contribution in [0.15, 0.2) is 6.07 Å². The number of piperidine rings is 1. The van der Waals surface area contributed by atoms with Crippen molar-refractivity contribution in [1.29, 1.82) is 0 Å². The third kappa shape index (κ3) is 4.56. The maximum atomic E-state index is 11.9. The number of rotatable bonds is 6. The Balaban J connectivity index is 1.47. The van der Waals surface area contributed by atoms with Gasteiger partial charge in [-0.05, 0) is 39.0 Å². The van der Waals surface area contributed by atoms with E-state index in [0.717, 1.165) is 37.4 Å². The minimum Gasteiger partial charge on any atom is -0.368 e. The smallest absolute Gasteiger partial charge is 0.249 e. The second kappa shape index (κ2) is 8.28. The molecule has 1 aromatic heterocycles. The summed E-state index contributed by atoms with van der Waals surface area (Å²) in [5, 5.41) is 6.10. The minimum absolute atomic E-state index is 0.0199. The van der Waals surface area contributed by atoms with Gasteiger partial charge in [0.25, 0.3) is 0 Å². The highest BCUT2D eigenvalue weighted by Gasteiger charge is 2.22. The number of carbonyl (C=O) groups excluding carboxylic acids is 1. The maximum Gasteiger partial charge on any atom is 0.249 e. The van der Waals surface area contributed by atoms with Crippen molar-refractivity contribution < 1.29 is 9.53 Å². The number of nitrogens with zero attached hydrogens (tertiary/aromatic N) is 3. The zero-order valence-electron chi connectivity index (χ0n) is 14.4. The van der Waals surface area contributed by atoms with Gasteiger partial charge in [-0.25, -0.2) is 4.98 Å². The molecular formula is C17H27N5O2. The van der Waals surface area contributed by atoms with Crippen LogP contribution in [0.1, 0.15) is 37.8 Å². The van der Waals surface area contributed by atoms with Gasteiger partial charge in [0.05, 0.1) is 0 Å². The van der Waals surface area contributed by atoms with Crippen molar-refractivity contribution in [3.05, 3.63) is 11.8 Å². The average Bonchev–Trinajstić information content (AvgIpc) is 3.14. The number of amides is 1. The number of anilines is 2. The van der Waals surface area contributed by atoms with Crippen LogP contribution in [-0.2, 0) is 9.53 Å². The lowest BCUT2D eigenvalue weighted by molar-refractivity contribution is -0.129. The molecule has 1 amide bonds. The van der Waals surface area contributed by atoms with E-state index >= 15 is 0 Å². The van der Waals surface area contributed by atoms with E-state index < -0.39 is 0 Å². The fourth-order valence-corrected chi connectivity index (χ4v) is 3.17. The van der Waals surface area contributed by atoms with Gasteiger partial charge < -0.3 is 20.3 Å². The zero-order valence-corrected chi connectivity index (χ0v) is 14.4. The maximum absolute atomic E-state index is 11.9. The Morgan fingerprint density at radius 2 is 2.08 bits per heavy atom. The highest BCUT2D eigenvalue weighted by molar-refractivity contribution is 5.80. The van der Waals surface area contributed by atoms with Gasteiger partial charge in [0, 0.05) is 44.5 Å². The quantitative estimate of drug-likeness (QED) is 0.768. The monoisotopic (exact) mass is 333 g/mol. The first kappa shape index (κ1) is 17.0. The van der Waals surface area contributed by atoms with Gasteiger partial charge in [-0.3, -0.25) is 4.79 Å². The summed E-state index contributed by atoms with van der Waals surface area (Å²) in [5.74, 6) is 1.60. The molecule has 0 aromatic carbocycles. The van der Waals surface area contributed by atoms with E-state index in [2.05, 4.69) is 25.5 Å². The number of aryl methyl sites for hydroxylation is 1. The van der Waals surface area contributed by atoms with E-state index in [4.69, 9.17) is 4.74 Å². The van der Waals surface area contributed by atoms with Gasteiger partial charge in [0.2, 0.25) is 11.9 Å². The first-order valence-corrected chi connectivity index (χ1v) is 8.96. The number of nitrogens with one attached hydrogen (secondary N) is 2. The molecule has 132 valence electrons. The summed E-state index contributed by atoms with van der Waals surface area (Å²) < 4.78 is 5.37. The van der Waals surface area contributed by atoms with Crippen LogP contribution in [0.4, 0.5) is 11.8 Å². The standard InChI is InChI=1S/C17H27N5O2/c1-13-12-15(22-9-3-2-4-10-22)21-17(20-13)19-8-7-18-16(23)14-6-5-11-24-14/h12,14H,2-11H2,1H3,(H,18,23)(H,19,20,21)/t14-/m0/s1. The lowest BCUT2D eigenvalue weighted by atomic mass is 10.1. The van der Waals surface area contributed by atoms with Gasteiger partial charge in [0.1, 0.15) is 11.9 Å². The summed E-state index contributed by atoms with van der Waals surface area (Å²) in [7, 11) is 0. The van der Waals surface area contributed by atoms with Crippen molar-refractivity contribution in [2.24, 2.45) is 0 Å². The Morgan fingerprint density at radius 1 is 1.25 bits per heavy atom. The molecule has 2 saturated heterocycles. The Hall–Kier alpha value is -1.89. The van der Waals surface area contributed by atoms with Crippen molar-refractivity contribution in [3.63, 3.8) is 0 Å². The van der Waals surface area contributed by atoms with E-state index in [0.29, 0.717) is 25.6 Å². The number of hydrogen-bond acceptors (Lipinski definition) is 6. The van der Waals surface area contributed by atoms with Crippen LogP contribution in [0.3, 0.4) is 0 Å². The number of hydrogen-bond donors (Lipinski definition) is 2. The molecule has 0 bridgehead atoms. The molecule has 0 unspecified atom stereocenters. The molecule has 2 aliphatic rings. The molecule has 0 saturated carbocycles. The van der Waals surface area contributed by atoms with Crippen LogP contribution >= 0.6 is 0 Å². The van der Waals surface area contributed by atoms with Gasteiger partial charge in [0.15, 0.2) is 0 Å². The molecular weight excluding hydrogens is 306 g/mol. The first-order valence-electron chi connectivity index (χ1n) is 8.96. The van der Waals surface area contributed by atoms with E-state index in [1.807, 2.05) is 13.0 Å². The van der Waals surface area contributed by atoms with Crippen molar-refractivity contribution in [3.8, 4) is 0 Å². The number of aromatic nitrogens is 2. The average molecular weight is 333 g/mol. The van der Waals surface area contributed by atoms with Crippen molar-refractivity contribution in [2.75, 3.05) is 43.0 Å². The molecule has 2 aliphatic heterocycles. The SMILES string of the molecule is Cc1cc(N2CCCCC2)nc(NCCNC(=O)[C@@H]2CCCO2)n1. The number of carbonyl (C=O) groups is 1. The lowest BCUT2D eigenvalue weighted by Crippen LogP contribution is -2.37. The van der Waals surface area contributed by atoms with Crippen LogP contribution in [-0.4, -0.2) is 54.8 Å². The molecule has 0 aliphatic carbocycles. The molecule has 7 heteroatoms. The van der Waals surface area contributed by atoms with Crippen LogP contribution < -0.4 is 15.5 Å². The molecule has 0 spiro atoms.